The minimum atomic E-state index is -4.33. The summed E-state index contributed by atoms with van der Waals surface area (Å²) < 4.78 is 46.1. The number of rotatable bonds is 17. The molecule has 1 N–H and O–H groups in total. The number of carbonyl (C=O) groups is 2. The topological polar surface area (TPSA) is 114 Å². The van der Waals surface area contributed by atoms with Gasteiger partial charge in [-0.2, -0.15) is 0 Å². The molecule has 260 valence electrons. The lowest BCUT2D eigenvalue weighted by Crippen LogP contribution is -2.53. The average molecular weight is 688 g/mol. The van der Waals surface area contributed by atoms with Gasteiger partial charge in [0.05, 0.1) is 31.9 Å². The van der Waals surface area contributed by atoms with Crippen LogP contribution in [-0.4, -0.2) is 65.6 Å². The van der Waals surface area contributed by atoms with E-state index in [2.05, 4.69) is 5.32 Å². The Morgan fingerprint density at radius 2 is 1.49 bits per heavy atom. The Balaban J connectivity index is 1.82. The summed E-state index contributed by atoms with van der Waals surface area (Å²) in [5.74, 6) is 0.304. The predicted molar refractivity (Wildman–Crippen MR) is 191 cm³/mol. The van der Waals surface area contributed by atoms with E-state index in [0.717, 1.165) is 33.8 Å². The molecule has 0 unspecified atom stereocenters. The van der Waals surface area contributed by atoms with Crippen molar-refractivity contribution in [2.24, 2.45) is 0 Å². The third-order valence-corrected chi connectivity index (χ3v) is 9.90. The summed E-state index contributed by atoms with van der Waals surface area (Å²) in [4.78, 5) is 30.0. The van der Waals surface area contributed by atoms with Gasteiger partial charge in [-0.05, 0) is 60.9 Å². The van der Waals surface area contributed by atoms with E-state index in [0.29, 0.717) is 23.7 Å². The van der Waals surface area contributed by atoms with Crippen LogP contribution in [0.2, 0.25) is 0 Å². The normalized spacial score (nSPS) is 11.7. The fraction of sp³-hybridized carbons (Fsp3) is 0.316. The van der Waals surface area contributed by atoms with E-state index in [1.165, 1.54) is 37.3 Å². The first-order valence-electron chi connectivity index (χ1n) is 16.2. The van der Waals surface area contributed by atoms with Crippen molar-refractivity contribution in [3.63, 3.8) is 0 Å². The van der Waals surface area contributed by atoms with Crippen molar-refractivity contribution >= 4 is 27.5 Å². The van der Waals surface area contributed by atoms with Crippen molar-refractivity contribution < 1.29 is 32.2 Å². The van der Waals surface area contributed by atoms with Crippen LogP contribution >= 0.6 is 0 Å². The molecule has 11 heteroatoms. The molecule has 0 bridgehead atoms. The molecule has 4 rings (SSSR count). The number of nitrogens with one attached hydrogen (secondary N) is 1. The molecule has 0 radical (unpaired) electrons. The zero-order valence-electron chi connectivity index (χ0n) is 28.7. The van der Waals surface area contributed by atoms with Crippen LogP contribution < -0.4 is 23.8 Å². The number of aryl methyl sites for hydroxylation is 1. The van der Waals surface area contributed by atoms with Crippen LogP contribution in [0.5, 0.6) is 17.2 Å². The number of ether oxygens (including phenoxy) is 3. The Morgan fingerprint density at radius 1 is 0.796 bits per heavy atom. The maximum Gasteiger partial charge on any atom is 0.264 e. The van der Waals surface area contributed by atoms with Gasteiger partial charge < -0.3 is 24.4 Å². The quantitative estimate of drug-likeness (QED) is 0.140. The predicted octanol–water partition coefficient (Wildman–Crippen LogP) is 5.77. The van der Waals surface area contributed by atoms with Crippen LogP contribution in [-0.2, 0) is 32.6 Å². The molecular weight excluding hydrogens is 642 g/mol. The number of benzene rings is 4. The summed E-state index contributed by atoms with van der Waals surface area (Å²) in [6, 6.07) is 26.9. The second-order valence-corrected chi connectivity index (χ2v) is 13.4. The zero-order chi connectivity index (χ0) is 35.4. The van der Waals surface area contributed by atoms with Gasteiger partial charge in [0.1, 0.15) is 18.3 Å². The van der Waals surface area contributed by atoms with E-state index in [9.17, 15) is 18.0 Å². The molecule has 0 spiro atoms. The van der Waals surface area contributed by atoms with Crippen molar-refractivity contribution in [1.82, 2.24) is 10.2 Å². The molecule has 1 atom stereocenters. The summed E-state index contributed by atoms with van der Waals surface area (Å²) in [7, 11) is 0.110. The van der Waals surface area contributed by atoms with Crippen LogP contribution in [0.3, 0.4) is 0 Å². The number of nitrogens with zero attached hydrogens (tertiary/aromatic N) is 2. The summed E-state index contributed by atoms with van der Waals surface area (Å²) >= 11 is 0. The molecule has 10 nitrogen and oxygen atoms in total. The standard InChI is InChI=1S/C38H45N3O7S/c1-6-7-22-39-38(43)34(24-29-12-9-8-10-13-29)40(26-30-14-11-15-32(23-30)46-3)37(42)27-41(31-18-16-28(2)17-19-31)49(44,45)33-20-21-35(47-4)36(25-33)48-5/h8-21,23,25,34H,6-7,22,24,26-27H2,1-5H3,(H,39,43)/t34-/m0/s1. The highest BCUT2D eigenvalue weighted by atomic mass is 32.2. The van der Waals surface area contributed by atoms with Gasteiger partial charge in [0.2, 0.25) is 11.8 Å². The molecule has 0 saturated heterocycles. The Kier molecular flexibility index (Phi) is 13.1. The SMILES string of the molecule is CCCCNC(=O)[C@H](Cc1ccccc1)N(Cc1cccc(OC)c1)C(=O)CN(c1ccc(C)cc1)S(=O)(=O)c1ccc(OC)c(OC)c1. The highest BCUT2D eigenvalue weighted by molar-refractivity contribution is 7.92. The van der Waals surface area contributed by atoms with Crippen molar-refractivity contribution in [1.29, 1.82) is 0 Å². The fourth-order valence-electron chi connectivity index (χ4n) is 5.37. The maximum absolute atomic E-state index is 14.7. The van der Waals surface area contributed by atoms with Crippen molar-refractivity contribution in [2.75, 3.05) is 38.7 Å². The van der Waals surface area contributed by atoms with Crippen LogP contribution in [0.15, 0.2) is 102 Å². The molecule has 0 aromatic heterocycles. The number of amides is 2. The molecule has 0 heterocycles. The van der Waals surface area contributed by atoms with E-state index >= 15 is 0 Å². The van der Waals surface area contributed by atoms with Gasteiger partial charge in [0, 0.05) is 25.6 Å². The van der Waals surface area contributed by atoms with Crippen molar-refractivity contribution in [3.05, 3.63) is 114 Å². The smallest absolute Gasteiger partial charge is 0.264 e. The third kappa shape index (κ3) is 9.54. The molecule has 49 heavy (non-hydrogen) atoms. The van der Waals surface area contributed by atoms with Crippen LogP contribution in [0.25, 0.3) is 0 Å². The molecule has 0 saturated carbocycles. The maximum atomic E-state index is 14.7. The zero-order valence-corrected chi connectivity index (χ0v) is 29.5. The lowest BCUT2D eigenvalue weighted by atomic mass is 10.0. The summed E-state index contributed by atoms with van der Waals surface area (Å²) in [6.07, 6.45) is 1.88. The second-order valence-electron chi connectivity index (χ2n) is 11.6. The number of hydrogen-bond acceptors (Lipinski definition) is 7. The first-order valence-corrected chi connectivity index (χ1v) is 17.6. The molecule has 0 fully saturated rings. The van der Waals surface area contributed by atoms with Crippen molar-refractivity contribution in [2.45, 2.75) is 50.6 Å². The molecule has 4 aromatic carbocycles. The van der Waals surface area contributed by atoms with Gasteiger partial charge in [-0.25, -0.2) is 8.42 Å². The Labute approximate surface area is 289 Å². The van der Waals surface area contributed by atoms with Gasteiger partial charge in [0.25, 0.3) is 10.0 Å². The summed E-state index contributed by atoms with van der Waals surface area (Å²) in [6.45, 7) is 3.84. The number of unbranched alkanes of at least 4 members (excludes halogenated alkanes) is 1. The molecule has 0 aliphatic rings. The Bertz CT molecular complexity index is 1800. The van der Waals surface area contributed by atoms with Crippen LogP contribution in [0, 0.1) is 6.92 Å². The highest BCUT2D eigenvalue weighted by Gasteiger charge is 2.35. The number of anilines is 1. The Morgan fingerprint density at radius 3 is 2.14 bits per heavy atom. The van der Waals surface area contributed by atoms with E-state index < -0.39 is 28.5 Å². The number of sulfonamides is 1. The van der Waals surface area contributed by atoms with E-state index in [1.807, 2.05) is 56.3 Å². The van der Waals surface area contributed by atoms with E-state index in [1.54, 1.807) is 43.5 Å². The second kappa shape index (κ2) is 17.4. The number of carbonyl (C=O) groups excluding carboxylic acids is 2. The van der Waals surface area contributed by atoms with Crippen LogP contribution in [0.1, 0.15) is 36.5 Å². The largest absolute Gasteiger partial charge is 0.497 e. The van der Waals surface area contributed by atoms with E-state index in [4.69, 9.17) is 14.2 Å². The van der Waals surface area contributed by atoms with E-state index in [-0.39, 0.29) is 29.5 Å². The average Bonchev–Trinajstić information content (AvgIpc) is 3.12. The number of hydrogen-bond donors (Lipinski definition) is 1. The number of methoxy groups -OCH3 is 3. The molecule has 2 amide bonds. The lowest BCUT2D eigenvalue weighted by molar-refractivity contribution is -0.140. The highest BCUT2D eigenvalue weighted by Crippen LogP contribution is 2.32. The van der Waals surface area contributed by atoms with Gasteiger partial charge in [0.15, 0.2) is 11.5 Å². The summed E-state index contributed by atoms with van der Waals surface area (Å²) in [5.41, 5.74) is 2.79. The molecule has 4 aromatic rings. The van der Waals surface area contributed by atoms with Crippen molar-refractivity contribution in [3.8, 4) is 17.2 Å². The summed E-state index contributed by atoms with van der Waals surface area (Å²) in [5, 5.41) is 3.00. The molecular formula is C38H45N3O7S. The van der Waals surface area contributed by atoms with Crippen LogP contribution in [0.4, 0.5) is 5.69 Å². The minimum absolute atomic E-state index is 0.0346. The molecule has 0 aliphatic heterocycles. The van der Waals surface area contributed by atoms with Gasteiger partial charge in [-0.3, -0.25) is 13.9 Å². The Hall–Kier alpha value is -5.03. The van der Waals surface area contributed by atoms with Gasteiger partial charge in [-0.15, -0.1) is 0 Å². The monoisotopic (exact) mass is 687 g/mol. The minimum Gasteiger partial charge on any atom is -0.497 e. The first kappa shape index (κ1) is 36.8. The van der Waals surface area contributed by atoms with Gasteiger partial charge >= 0.3 is 0 Å². The lowest BCUT2D eigenvalue weighted by Gasteiger charge is -2.34. The fourth-order valence-corrected chi connectivity index (χ4v) is 6.80. The third-order valence-electron chi connectivity index (χ3n) is 8.13. The first-order chi connectivity index (χ1) is 23.6. The van der Waals surface area contributed by atoms with Gasteiger partial charge in [-0.1, -0.05) is 73.5 Å². The molecule has 0 aliphatic carbocycles.